The fourth-order valence-electron chi connectivity index (χ4n) is 4.06. The van der Waals surface area contributed by atoms with Gasteiger partial charge in [0.05, 0.1) is 12.0 Å². The van der Waals surface area contributed by atoms with Crippen LogP contribution in [0.3, 0.4) is 0 Å². The highest BCUT2D eigenvalue weighted by Gasteiger charge is 2.24. The maximum atomic E-state index is 12.4. The molecule has 1 aliphatic carbocycles. The number of carbonyl (C=O) groups is 1. The predicted molar refractivity (Wildman–Crippen MR) is 140 cm³/mol. The molecule has 0 spiro atoms. The van der Waals surface area contributed by atoms with Crippen LogP contribution in [-0.2, 0) is 4.79 Å². The van der Waals surface area contributed by atoms with Crippen molar-refractivity contribution in [1.29, 1.82) is 0 Å². The van der Waals surface area contributed by atoms with Gasteiger partial charge in [-0.3, -0.25) is 9.36 Å². The van der Waals surface area contributed by atoms with E-state index in [1.807, 2.05) is 67.6 Å². The Morgan fingerprint density at radius 2 is 1.85 bits per heavy atom. The van der Waals surface area contributed by atoms with Crippen LogP contribution < -0.4 is 5.43 Å². The first-order valence-corrected chi connectivity index (χ1v) is 12.9. The Bertz CT molecular complexity index is 1150. The Kier molecular flexibility index (Phi) is 8.55. The zero-order valence-corrected chi connectivity index (χ0v) is 20.7. The Hall–Kier alpha value is -2.90. The fraction of sp³-hybridized carbons (Fsp3) is 0.308. The van der Waals surface area contributed by atoms with Crippen LogP contribution in [-0.4, -0.2) is 32.6 Å². The minimum atomic E-state index is -0.181. The maximum Gasteiger partial charge on any atom is 0.250 e. The molecule has 0 saturated heterocycles. The summed E-state index contributed by atoms with van der Waals surface area (Å²) in [6.45, 7) is 1.95. The van der Waals surface area contributed by atoms with Crippen LogP contribution in [0.4, 0.5) is 0 Å². The molecule has 8 heteroatoms. The van der Waals surface area contributed by atoms with Crippen LogP contribution >= 0.6 is 23.4 Å². The summed E-state index contributed by atoms with van der Waals surface area (Å²) in [5, 5.41) is 14.4. The summed E-state index contributed by atoms with van der Waals surface area (Å²) in [6.07, 6.45) is 9.49. The van der Waals surface area contributed by atoms with Gasteiger partial charge >= 0.3 is 0 Å². The first-order valence-electron chi connectivity index (χ1n) is 11.5. The van der Waals surface area contributed by atoms with E-state index in [0.29, 0.717) is 11.1 Å². The standard InChI is InChI=1S/C26H28ClN5OS/c1-19(16-20-8-4-2-5-9-20)17-28-29-24(33)18-34-26-31-30-25(21-12-14-22(27)15-13-21)32(26)23-10-6-3-7-11-23/h2,4-5,8-9,12-17,23H,3,6-7,10-11,18H2,1H3,(H,29,33). The largest absolute Gasteiger partial charge is 0.299 e. The number of rotatable bonds is 8. The molecule has 1 amide bonds. The van der Waals surface area contributed by atoms with E-state index in [-0.39, 0.29) is 11.7 Å². The van der Waals surface area contributed by atoms with Crippen molar-refractivity contribution < 1.29 is 4.79 Å². The normalized spacial score (nSPS) is 15.1. The molecule has 0 radical (unpaired) electrons. The SMILES string of the molecule is CC(C=NNC(=O)CSc1nnc(-c2ccc(Cl)cc2)n1C1CCCCC1)=Cc1ccccc1. The number of hydrazone groups is 1. The highest BCUT2D eigenvalue weighted by Crippen LogP contribution is 2.35. The van der Waals surface area contributed by atoms with Gasteiger partial charge in [0.1, 0.15) is 0 Å². The maximum absolute atomic E-state index is 12.4. The van der Waals surface area contributed by atoms with Gasteiger partial charge < -0.3 is 0 Å². The lowest BCUT2D eigenvalue weighted by Gasteiger charge is -2.25. The van der Waals surface area contributed by atoms with Gasteiger partial charge in [0, 0.05) is 16.6 Å². The Balaban J connectivity index is 1.41. The third-order valence-electron chi connectivity index (χ3n) is 5.69. The first kappa shape index (κ1) is 24.2. The second kappa shape index (κ2) is 12.0. The van der Waals surface area contributed by atoms with Gasteiger partial charge in [0.2, 0.25) is 0 Å². The molecule has 1 aromatic heterocycles. The molecule has 0 unspecified atom stereocenters. The highest BCUT2D eigenvalue weighted by molar-refractivity contribution is 7.99. The van der Waals surface area contributed by atoms with Crippen LogP contribution in [0, 0.1) is 0 Å². The summed E-state index contributed by atoms with van der Waals surface area (Å²) in [5.41, 5.74) is 5.62. The summed E-state index contributed by atoms with van der Waals surface area (Å²) >= 11 is 7.46. The number of hydrogen-bond donors (Lipinski definition) is 1. The van der Waals surface area contributed by atoms with E-state index < -0.39 is 0 Å². The van der Waals surface area contributed by atoms with Gasteiger partial charge in [0.25, 0.3) is 5.91 Å². The monoisotopic (exact) mass is 493 g/mol. The second-order valence-electron chi connectivity index (χ2n) is 8.36. The van der Waals surface area contributed by atoms with Crippen LogP contribution in [0.2, 0.25) is 5.02 Å². The minimum Gasteiger partial charge on any atom is -0.299 e. The van der Waals surface area contributed by atoms with E-state index in [4.69, 9.17) is 11.6 Å². The smallest absolute Gasteiger partial charge is 0.250 e. The Morgan fingerprint density at radius 3 is 2.59 bits per heavy atom. The number of carbonyl (C=O) groups excluding carboxylic acids is 1. The predicted octanol–water partition coefficient (Wildman–Crippen LogP) is 6.40. The van der Waals surface area contributed by atoms with Crippen LogP contribution in [0.1, 0.15) is 50.6 Å². The van der Waals surface area contributed by atoms with E-state index in [1.165, 1.54) is 31.0 Å². The summed E-state index contributed by atoms with van der Waals surface area (Å²) in [5.74, 6) is 0.857. The van der Waals surface area contributed by atoms with Gasteiger partial charge in [-0.25, -0.2) is 5.43 Å². The summed E-state index contributed by atoms with van der Waals surface area (Å²) < 4.78 is 2.20. The lowest BCUT2D eigenvalue weighted by Crippen LogP contribution is -2.20. The quantitative estimate of drug-likeness (QED) is 0.224. The molecule has 176 valence electrons. The van der Waals surface area contributed by atoms with Gasteiger partial charge in [-0.15, -0.1) is 10.2 Å². The molecule has 3 aromatic rings. The average Bonchev–Trinajstić information content (AvgIpc) is 3.28. The van der Waals surface area contributed by atoms with Crippen molar-refractivity contribution in [2.45, 2.75) is 50.2 Å². The van der Waals surface area contributed by atoms with E-state index in [2.05, 4.69) is 25.3 Å². The molecule has 0 atom stereocenters. The lowest BCUT2D eigenvalue weighted by molar-refractivity contribution is -0.118. The highest BCUT2D eigenvalue weighted by atomic mass is 35.5. The number of aromatic nitrogens is 3. The molecule has 6 nitrogen and oxygen atoms in total. The van der Waals surface area contributed by atoms with Gasteiger partial charge in [-0.1, -0.05) is 79.0 Å². The number of nitrogens with one attached hydrogen (secondary N) is 1. The summed E-state index contributed by atoms with van der Waals surface area (Å²) in [6, 6.07) is 18.0. The van der Waals surface area contributed by atoms with Crippen molar-refractivity contribution in [2.75, 3.05) is 5.75 Å². The molecule has 4 rings (SSSR count). The van der Waals surface area contributed by atoms with E-state index in [9.17, 15) is 4.79 Å². The van der Waals surface area contributed by atoms with Crippen molar-refractivity contribution in [3.63, 3.8) is 0 Å². The van der Waals surface area contributed by atoms with Crippen molar-refractivity contribution in [3.8, 4) is 11.4 Å². The van der Waals surface area contributed by atoms with Gasteiger partial charge in [0.15, 0.2) is 11.0 Å². The van der Waals surface area contributed by atoms with E-state index >= 15 is 0 Å². The Labute approximate surface area is 209 Å². The van der Waals surface area contributed by atoms with Crippen molar-refractivity contribution in [1.82, 2.24) is 20.2 Å². The first-order chi connectivity index (χ1) is 16.6. The summed E-state index contributed by atoms with van der Waals surface area (Å²) in [7, 11) is 0. The van der Waals surface area contributed by atoms with E-state index in [0.717, 1.165) is 40.5 Å². The zero-order valence-electron chi connectivity index (χ0n) is 19.2. The third-order valence-corrected chi connectivity index (χ3v) is 6.89. The van der Waals surface area contributed by atoms with Gasteiger partial charge in [-0.05, 0) is 55.2 Å². The molecule has 1 saturated carbocycles. The molecular formula is C26H28ClN5OS. The molecule has 1 N–H and O–H groups in total. The van der Waals surface area contributed by atoms with Crippen LogP contribution in [0.15, 0.2) is 70.4 Å². The number of nitrogens with zero attached hydrogens (tertiary/aromatic N) is 4. The molecular weight excluding hydrogens is 466 g/mol. The topological polar surface area (TPSA) is 72.2 Å². The lowest BCUT2D eigenvalue weighted by atomic mass is 9.95. The van der Waals surface area contributed by atoms with Crippen molar-refractivity contribution >= 4 is 41.6 Å². The van der Waals surface area contributed by atoms with Crippen LogP contribution in [0.25, 0.3) is 17.5 Å². The minimum absolute atomic E-state index is 0.181. The molecule has 1 fully saturated rings. The number of halogens is 1. The average molecular weight is 494 g/mol. The zero-order chi connectivity index (χ0) is 23.8. The molecule has 0 aliphatic heterocycles. The number of benzene rings is 2. The molecule has 34 heavy (non-hydrogen) atoms. The van der Waals surface area contributed by atoms with Crippen molar-refractivity contribution in [3.05, 3.63) is 70.8 Å². The van der Waals surface area contributed by atoms with E-state index in [1.54, 1.807) is 6.21 Å². The van der Waals surface area contributed by atoms with Gasteiger partial charge in [-0.2, -0.15) is 5.10 Å². The number of hydrogen-bond acceptors (Lipinski definition) is 5. The third kappa shape index (κ3) is 6.58. The summed E-state index contributed by atoms with van der Waals surface area (Å²) in [4.78, 5) is 12.4. The fourth-order valence-corrected chi connectivity index (χ4v) is 4.98. The van der Waals surface area contributed by atoms with Crippen LogP contribution in [0.5, 0.6) is 0 Å². The van der Waals surface area contributed by atoms with Crippen molar-refractivity contribution in [2.24, 2.45) is 5.10 Å². The molecule has 0 bridgehead atoms. The Morgan fingerprint density at radius 1 is 1.12 bits per heavy atom. The molecule has 1 heterocycles. The molecule has 1 aliphatic rings. The number of amides is 1. The molecule has 2 aromatic carbocycles. The second-order valence-corrected chi connectivity index (χ2v) is 9.73. The number of thioether (sulfide) groups is 1. The number of allylic oxidation sites excluding steroid dienone is 1.